The van der Waals surface area contributed by atoms with E-state index in [2.05, 4.69) is 6.07 Å². The summed E-state index contributed by atoms with van der Waals surface area (Å²) in [5.41, 5.74) is -0.624. The molecule has 0 amide bonds. The van der Waals surface area contributed by atoms with Gasteiger partial charge in [-0.3, -0.25) is 0 Å². The van der Waals surface area contributed by atoms with E-state index in [0.717, 1.165) is 19.3 Å². The third-order valence-corrected chi connectivity index (χ3v) is 2.28. The van der Waals surface area contributed by atoms with Gasteiger partial charge in [-0.2, -0.15) is 5.26 Å². The number of thioether (sulfide) groups is 1. The Hall–Kier alpha value is -0.460. The maximum absolute atomic E-state index is 8.93. The van der Waals surface area contributed by atoms with Crippen molar-refractivity contribution in [2.24, 2.45) is 0 Å². The minimum absolute atomic E-state index is 0.595. The smallest absolute Gasteiger partial charge is 0.173 e. The van der Waals surface area contributed by atoms with Gasteiger partial charge in [-0.15, -0.1) is 11.8 Å². The van der Waals surface area contributed by atoms with E-state index in [4.69, 9.17) is 10.00 Å². The van der Waals surface area contributed by atoms with Crippen LogP contribution in [0.2, 0.25) is 0 Å². The molecule has 0 aromatic heterocycles. The molecular weight excluding hydrogens is 170 g/mol. The molecule has 0 aromatic rings. The van der Waals surface area contributed by atoms with Crippen LogP contribution in [0.5, 0.6) is 0 Å². The minimum atomic E-state index is -0.624. The second-order valence-electron chi connectivity index (χ2n) is 2.85. The lowest BCUT2D eigenvalue weighted by Gasteiger charge is -2.25. The van der Waals surface area contributed by atoms with Crippen LogP contribution in [0.25, 0.3) is 0 Å². The first kappa shape index (κ1) is 9.63. The first-order chi connectivity index (χ1) is 5.83. The SMILES string of the molecule is CSCOC1(C#N)C=CCCC1. The summed E-state index contributed by atoms with van der Waals surface area (Å²) in [5, 5.41) is 8.93. The van der Waals surface area contributed by atoms with Crippen LogP contribution >= 0.6 is 11.8 Å². The Balaban J connectivity index is 2.56. The average molecular weight is 183 g/mol. The van der Waals surface area contributed by atoms with Crippen LogP contribution in [0, 0.1) is 11.3 Å². The molecule has 0 heterocycles. The lowest BCUT2D eigenvalue weighted by Crippen LogP contribution is -2.29. The zero-order valence-electron chi connectivity index (χ0n) is 7.25. The molecule has 0 aliphatic heterocycles. The average Bonchev–Trinajstić information content (AvgIpc) is 2.16. The van der Waals surface area contributed by atoms with Crippen molar-refractivity contribution >= 4 is 11.8 Å². The van der Waals surface area contributed by atoms with Crippen molar-refractivity contribution in [3.8, 4) is 6.07 Å². The first-order valence-electron chi connectivity index (χ1n) is 4.05. The Morgan fingerprint density at radius 3 is 3.08 bits per heavy atom. The third kappa shape index (κ3) is 2.26. The van der Waals surface area contributed by atoms with E-state index >= 15 is 0 Å². The van der Waals surface area contributed by atoms with Gasteiger partial charge < -0.3 is 4.74 Å². The number of nitriles is 1. The molecule has 2 nitrogen and oxygen atoms in total. The predicted molar refractivity (Wildman–Crippen MR) is 50.8 cm³/mol. The molecule has 0 fully saturated rings. The van der Waals surface area contributed by atoms with Gasteiger partial charge in [0.15, 0.2) is 5.60 Å². The summed E-state index contributed by atoms with van der Waals surface area (Å²) in [6.07, 6.45) is 8.86. The van der Waals surface area contributed by atoms with Gasteiger partial charge >= 0.3 is 0 Å². The molecule has 0 spiro atoms. The van der Waals surface area contributed by atoms with Crippen molar-refractivity contribution in [2.45, 2.75) is 24.9 Å². The van der Waals surface area contributed by atoms with Gasteiger partial charge in [-0.1, -0.05) is 6.08 Å². The maximum Gasteiger partial charge on any atom is 0.173 e. The molecule has 0 N–H and O–H groups in total. The number of ether oxygens (including phenoxy) is 1. The molecule has 0 bridgehead atoms. The highest BCUT2D eigenvalue weighted by Gasteiger charge is 2.28. The molecule has 0 aromatic carbocycles. The standard InChI is InChI=1S/C9H13NOS/c1-12-8-11-9(7-10)5-3-2-4-6-9/h3,5H,2,4,6,8H2,1H3. The van der Waals surface area contributed by atoms with Gasteiger partial charge in [0.1, 0.15) is 6.07 Å². The Morgan fingerprint density at radius 1 is 1.75 bits per heavy atom. The van der Waals surface area contributed by atoms with Crippen molar-refractivity contribution in [1.82, 2.24) is 0 Å². The van der Waals surface area contributed by atoms with Gasteiger partial charge in [0.2, 0.25) is 0 Å². The summed E-state index contributed by atoms with van der Waals surface area (Å²) in [4.78, 5) is 0. The third-order valence-electron chi connectivity index (χ3n) is 1.93. The number of nitrogens with zero attached hydrogens (tertiary/aromatic N) is 1. The van der Waals surface area contributed by atoms with Gasteiger partial charge in [0.25, 0.3) is 0 Å². The Bertz CT molecular complexity index is 209. The summed E-state index contributed by atoms with van der Waals surface area (Å²) in [5.74, 6) is 0.595. The molecule has 0 saturated carbocycles. The summed E-state index contributed by atoms with van der Waals surface area (Å²) in [6, 6.07) is 2.23. The zero-order valence-corrected chi connectivity index (χ0v) is 8.06. The van der Waals surface area contributed by atoms with E-state index in [0.29, 0.717) is 5.94 Å². The quantitative estimate of drug-likeness (QED) is 0.497. The molecule has 66 valence electrons. The molecule has 12 heavy (non-hydrogen) atoms. The molecule has 1 rings (SSSR count). The Labute approximate surface area is 77.6 Å². The molecule has 1 atom stereocenters. The lowest BCUT2D eigenvalue weighted by atomic mass is 9.92. The van der Waals surface area contributed by atoms with Crippen molar-refractivity contribution in [3.63, 3.8) is 0 Å². The molecule has 1 aliphatic rings. The summed E-state index contributed by atoms with van der Waals surface area (Å²) in [6.45, 7) is 0. The van der Waals surface area contributed by atoms with Crippen LogP contribution in [0.1, 0.15) is 19.3 Å². The van der Waals surface area contributed by atoms with E-state index < -0.39 is 5.60 Å². The molecule has 1 aliphatic carbocycles. The summed E-state index contributed by atoms with van der Waals surface area (Å²) < 4.78 is 5.48. The van der Waals surface area contributed by atoms with Gasteiger partial charge in [-0.05, 0) is 31.6 Å². The predicted octanol–water partition coefficient (Wildman–Crippen LogP) is 2.33. The zero-order chi connectivity index (χ0) is 8.86. The van der Waals surface area contributed by atoms with Gasteiger partial charge in [0.05, 0.1) is 5.94 Å². The Morgan fingerprint density at radius 2 is 2.58 bits per heavy atom. The van der Waals surface area contributed by atoms with Crippen molar-refractivity contribution in [1.29, 1.82) is 5.26 Å². The van der Waals surface area contributed by atoms with Crippen LogP contribution in [0.3, 0.4) is 0 Å². The monoisotopic (exact) mass is 183 g/mol. The van der Waals surface area contributed by atoms with Crippen LogP contribution in [-0.4, -0.2) is 17.8 Å². The van der Waals surface area contributed by atoms with Crippen molar-refractivity contribution in [2.75, 3.05) is 12.2 Å². The van der Waals surface area contributed by atoms with E-state index in [9.17, 15) is 0 Å². The van der Waals surface area contributed by atoms with Crippen LogP contribution in [0.15, 0.2) is 12.2 Å². The summed E-state index contributed by atoms with van der Waals surface area (Å²) >= 11 is 1.60. The van der Waals surface area contributed by atoms with Gasteiger partial charge in [0, 0.05) is 0 Å². The van der Waals surface area contributed by atoms with Crippen LogP contribution in [0.4, 0.5) is 0 Å². The molecule has 3 heteroatoms. The van der Waals surface area contributed by atoms with E-state index in [1.807, 2.05) is 18.4 Å². The lowest BCUT2D eigenvalue weighted by molar-refractivity contribution is 0.0565. The maximum atomic E-state index is 8.93. The largest absolute Gasteiger partial charge is 0.346 e. The highest BCUT2D eigenvalue weighted by atomic mass is 32.2. The molecule has 1 unspecified atom stereocenters. The second kappa shape index (κ2) is 4.54. The highest BCUT2D eigenvalue weighted by molar-refractivity contribution is 7.98. The van der Waals surface area contributed by atoms with E-state index in [1.54, 1.807) is 11.8 Å². The number of hydrogen-bond donors (Lipinski definition) is 0. The summed E-state index contributed by atoms with van der Waals surface area (Å²) in [7, 11) is 0. The fourth-order valence-electron chi connectivity index (χ4n) is 1.25. The fourth-order valence-corrected chi connectivity index (χ4v) is 1.58. The van der Waals surface area contributed by atoms with E-state index in [-0.39, 0.29) is 0 Å². The number of allylic oxidation sites excluding steroid dienone is 1. The van der Waals surface area contributed by atoms with Crippen LogP contribution in [-0.2, 0) is 4.74 Å². The number of hydrogen-bond acceptors (Lipinski definition) is 3. The van der Waals surface area contributed by atoms with Crippen molar-refractivity contribution in [3.05, 3.63) is 12.2 Å². The highest BCUT2D eigenvalue weighted by Crippen LogP contribution is 2.26. The van der Waals surface area contributed by atoms with Gasteiger partial charge in [-0.25, -0.2) is 0 Å². The van der Waals surface area contributed by atoms with E-state index in [1.165, 1.54) is 0 Å². The molecule has 0 saturated heterocycles. The van der Waals surface area contributed by atoms with Crippen LogP contribution < -0.4 is 0 Å². The Kier molecular flexibility index (Phi) is 3.64. The fraction of sp³-hybridized carbons (Fsp3) is 0.667. The molecule has 0 radical (unpaired) electrons. The minimum Gasteiger partial charge on any atom is -0.346 e. The topological polar surface area (TPSA) is 33.0 Å². The normalized spacial score (nSPS) is 28.3. The van der Waals surface area contributed by atoms with Crippen molar-refractivity contribution < 1.29 is 4.74 Å². The second-order valence-corrected chi connectivity index (χ2v) is 3.66. The first-order valence-corrected chi connectivity index (χ1v) is 5.44. The number of rotatable bonds is 3. The molecular formula is C9H13NOS.